The van der Waals surface area contributed by atoms with Crippen molar-refractivity contribution in [1.82, 2.24) is 0 Å². The number of carbonyl (C=O) groups is 1. The average molecular weight is 252 g/mol. The summed E-state index contributed by atoms with van der Waals surface area (Å²) in [6, 6.07) is 0.850. The first-order valence-electron chi connectivity index (χ1n) is 5.59. The van der Waals surface area contributed by atoms with E-state index in [4.69, 9.17) is 23.2 Å². The van der Waals surface area contributed by atoms with Crippen molar-refractivity contribution in [2.24, 2.45) is 0 Å². The van der Waals surface area contributed by atoms with Gasteiger partial charge in [-0.1, -0.05) is 6.92 Å². The van der Waals surface area contributed by atoms with E-state index in [1.54, 1.807) is 0 Å². The predicted octanol–water partition coefficient (Wildman–Crippen LogP) is 2.15. The Bertz CT molecular complexity index is 154. The van der Waals surface area contributed by atoms with Gasteiger partial charge in [0.05, 0.1) is 0 Å². The van der Waals surface area contributed by atoms with Gasteiger partial charge in [0, 0.05) is 32.8 Å². The summed E-state index contributed by atoms with van der Waals surface area (Å²) in [5.74, 6) is -0.833. The first-order chi connectivity index (χ1) is 7.47. The lowest BCUT2D eigenvalue weighted by atomic mass is 10.9. The summed E-state index contributed by atoms with van der Waals surface area (Å²) >= 11 is 0. The van der Waals surface area contributed by atoms with E-state index in [0.29, 0.717) is 19.8 Å². The molecule has 0 fully saturated rings. The normalized spacial score (nSPS) is 10.6. The van der Waals surface area contributed by atoms with Crippen LogP contribution in [-0.2, 0) is 18.1 Å². The van der Waals surface area contributed by atoms with Gasteiger partial charge in [-0.05, 0) is 20.8 Å². The topological polar surface area (TPSA) is 65.0 Å². The Hall–Kier alpha value is -0.433. The summed E-state index contributed by atoms with van der Waals surface area (Å²) < 4.78 is 16.7. The van der Waals surface area contributed by atoms with Gasteiger partial charge in [0.2, 0.25) is 0 Å². The average Bonchev–Trinajstić information content (AvgIpc) is 2.18. The predicted molar refractivity (Wildman–Crippen MR) is 64.4 cm³/mol. The van der Waals surface area contributed by atoms with Crippen LogP contribution in [0.2, 0.25) is 6.04 Å². The van der Waals surface area contributed by atoms with Crippen molar-refractivity contribution in [3.63, 3.8) is 0 Å². The van der Waals surface area contributed by atoms with Crippen LogP contribution in [0.1, 0.15) is 34.6 Å². The Morgan fingerprint density at radius 2 is 1.25 bits per heavy atom. The minimum atomic E-state index is -2.27. The maximum absolute atomic E-state index is 9.00. The summed E-state index contributed by atoms with van der Waals surface area (Å²) in [5, 5.41) is 7.42. The van der Waals surface area contributed by atoms with E-state index in [2.05, 4.69) is 0 Å². The third-order valence-corrected chi connectivity index (χ3v) is 4.58. The number of rotatable bonds is 7. The molecule has 0 saturated carbocycles. The molecule has 0 saturated heterocycles. The molecule has 0 aliphatic carbocycles. The van der Waals surface area contributed by atoms with E-state index in [1.165, 1.54) is 0 Å². The summed E-state index contributed by atoms with van der Waals surface area (Å²) in [4.78, 5) is 9.00. The first kappa shape index (κ1) is 17.9. The molecule has 0 aromatic heterocycles. The molecule has 1 N–H and O–H groups in total. The van der Waals surface area contributed by atoms with Gasteiger partial charge >= 0.3 is 8.80 Å². The lowest BCUT2D eigenvalue weighted by Crippen LogP contribution is -2.45. The van der Waals surface area contributed by atoms with Crippen LogP contribution in [0, 0.1) is 0 Å². The summed E-state index contributed by atoms with van der Waals surface area (Å²) in [7, 11) is -2.27. The fraction of sp³-hybridized carbons (Fsp3) is 0.900. The quantitative estimate of drug-likeness (QED) is 0.703. The molecule has 0 aromatic carbocycles. The molecule has 0 bridgehead atoms. The molecule has 0 atom stereocenters. The largest absolute Gasteiger partial charge is 0.500 e. The molecule has 0 heterocycles. The number of hydrogen-bond acceptors (Lipinski definition) is 4. The number of carboxylic acids is 1. The molecule has 0 aromatic rings. The zero-order valence-corrected chi connectivity index (χ0v) is 11.9. The Labute approximate surface area is 99.1 Å². The van der Waals surface area contributed by atoms with Gasteiger partial charge in [-0.3, -0.25) is 4.79 Å². The molecule has 0 unspecified atom stereocenters. The van der Waals surface area contributed by atoms with Crippen LogP contribution < -0.4 is 0 Å². The smallest absolute Gasteiger partial charge is 0.481 e. The molecule has 0 radical (unpaired) electrons. The van der Waals surface area contributed by atoms with Crippen LogP contribution >= 0.6 is 0 Å². The van der Waals surface area contributed by atoms with E-state index in [1.807, 2.05) is 27.7 Å². The zero-order chi connectivity index (χ0) is 13.0. The summed E-state index contributed by atoms with van der Waals surface area (Å²) in [6.45, 7) is 11.0. The summed E-state index contributed by atoms with van der Waals surface area (Å²) in [5.41, 5.74) is 0. The second-order valence-electron chi connectivity index (χ2n) is 2.85. The highest BCUT2D eigenvalue weighted by atomic mass is 28.4. The molecule has 0 aliphatic heterocycles. The highest BCUT2D eigenvalue weighted by molar-refractivity contribution is 6.60. The van der Waals surface area contributed by atoms with Crippen molar-refractivity contribution in [3.05, 3.63) is 0 Å². The van der Waals surface area contributed by atoms with Crippen LogP contribution in [0.4, 0.5) is 0 Å². The minimum Gasteiger partial charge on any atom is -0.481 e. The standard InChI is InChI=1S/C8H20O3Si.C2H4O2/c1-5-9-12(8-4,10-6-2)11-7-3;1-2(3)4/h5-8H2,1-4H3;1H3,(H,3,4). The van der Waals surface area contributed by atoms with E-state index in [9.17, 15) is 0 Å². The highest BCUT2D eigenvalue weighted by Gasteiger charge is 2.37. The Morgan fingerprint density at radius 3 is 1.38 bits per heavy atom. The van der Waals surface area contributed by atoms with Crippen LogP contribution in [0.15, 0.2) is 0 Å². The van der Waals surface area contributed by atoms with Crippen LogP contribution in [0.3, 0.4) is 0 Å². The maximum Gasteiger partial charge on any atom is 0.500 e. The van der Waals surface area contributed by atoms with E-state index >= 15 is 0 Å². The van der Waals surface area contributed by atoms with E-state index in [0.717, 1.165) is 13.0 Å². The molecule has 0 spiro atoms. The fourth-order valence-electron chi connectivity index (χ4n) is 1.09. The van der Waals surface area contributed by atoms with E-state index in [-0.39, 0.29) is 0 Å². The SMILES string of the molecule is CC(=O)O.CCO[Si](CC)(OCC)OCC. The van der Waals surface area contributed by atoms with Gasteiger partial charge in [-0.25, -0.2) is 0 Å². The van der Waals surface area contributed by atoms with Gasteiger partial charge in [0.15, 0.2) is 0 Å². The second-order valence-corrected chi connectivity index (χ2v) is 5.79. The number of carboxylic acid groups (broad SMARTS) is 1. The highest BCUT2D eigenvalue weighted by Crippen LogP contribution is 2.14. The van der Waals surface area contributed by atoms with Crippen LogP contribution in [-0.4, -0.2) is 39.7 Å². The Morgan fingerprint density at radius 1 is 1.00 bits per heavy atom. The van der Waals surface area contributed by atoms with Gasteiger partial charge in [0.25, 0.3) is 5.97 Å². The van der Waals surface area contributed by atoms with Crippen LogP contribution in [0.25, 0.3) is 0 Å². The molecular formula is C10H24O5Si. The number of hydrogen-bond donors (Lipinski definition) is 1. The number of aliphatic carboxylic acids is 1. The van der Waals surface area contributed by atoms with Gasteiger partial charge < -0.3 is 18.4 Å². The monoisotopic (exact) mass is 252 g/mol. The molecule has 5 nitrogen and oxygen atoms in total. The van der Waals surface area contributed by atoms with Crippen molar-refractivity contribution >= 4 is 14.8 Å². The third-order valence-electron chi connectivity index (χ3n) is 1.53. The lowest BCUT2D eigenvalue weighted by molar-refractivity contribution is -0.134. The molecular weight excluding hydrogens is 228 g/mol. The van der Waals surface area contributed by atoms with Crippen molar-refractivity contribution in [3.8, 4) is 0 Å². The first-order valence-corrected chi connectivity index (χ1v) is 7.52. The lowest BCUT2D eigenvalue weighted by Gasteiger charge is -2.26. The van der Waals surface area contributed by atoms with Crippen molar-refractivity contribution in [2.75, 3.05) is 19.8 Å². The molecule has 0 amide bonds. The molecule has 98 valence electrons. The van der Waals surface area contributed by atoms with Gasteiger partial charge in [-0.2, -0.15) is 0 Å². The Balaban J connectivity index is 0. The van der Waals surface area contributed by atoms with E-state index < -0.39 is 14.8 Å². The fourth-order valence-corrected chi connectivity index (χ4v) is 3.27. The molecule has 16 heavy (non-hydrogen) atoms. The minimum absolute atomic E-state index is 0.667. The third kappa shape index (κ3) is 10.1. The van der Waals surface area contributed by atoms with Crippen molar-refractivity contribution < 1.29 is 23.2 Å². The van der Waals surface area contributed by atoms with Crippen molar-refractivity contribution in [2.45, 2.75) is 40.7 Å². The maximum atomic E-state index is 9.00. The van der Waals surface area contributed by atoms with Crippen LogP contribution in [0.5, 0.6) is 0 Å². The molecule has 0 rings (SSSR count). The molecule has 0 aliphatic rings. The van der Waals surface area contributed by atoms with Gasteiger partial charge in [0.1, 0.15) is 0 Å². The Kier molecular flexibility index (Phi) is 12.4. The van der Waals surface area contributed by atoms with Crippen molar-refractivity contribution in [1.29, 1.82) is 0 Å². The van der Waals surface area contributed by atoms with Gasteiger partial charge in [-0.15, -0.1) is 0 Å². The second kappa shape index (κ2) is 11.1. The molecule has 6 heteroatoms. The zero-order valence-electron chi connectivity index (χ0n) is 10.9. The summed E-state index contributed by atoms with van der Waals surface area (Å²) in [6.07, 6.45) is 0.